The van der Waals surface area contributed by atoms with E-state index in [0.717, 1.165) is 5.56 Å². The van der Waals surface area contributed by atoms with Gasteiger partial charge in [-0.1, -0.05) is 6.07 Å². The van der Waals surface area contributed by atoms with Gasteiger partial charge in [0.15, 0.2) is 0 Å². The molecule has 1 N–H and O–H groups in total. The molecule has 0 fully saturated rings. The van der Waals surface area contributed by atoms with Gasteiger partial charge in [0.2, 0.25) is 5.88 Å². The second-order valence-electron chi connectivity index (χ2n) is 2.96. The number of ether oxygens (including phenoxy) is 1. The van der Waals surface area contributed by atoms with E-state index in [2.05, 4.69) is 4.98 Å². The molecule has 15 heavy (non-hydrogen) atoms. The molecule has 0 aliphatic heterocycles. The number of aliphatic carboxylic acids is 1. The van der Waals surface area contributed by atoms with Crippen LogP contribution in [-0.2, 0) is 10.5 Å². The van der Waals surface area contributed by atoms with Crippen LogP contribution in [0.1, 0.15) is 12.5 Å². The summed E-state index contributed by atoms with van der Waals surface area (Å²) in [5.74, 6) is 0.343. The van der Waals surface area contributed by atoms with Crippen LogP contribution in [0.15, 0.2) is 18.3 Å². The highest BCUT2D eigenvalue weighted by Gasteiger charge is 2.12. The molecule has 82 valence electrons. The Labute approximate surface area is 92.7 Å². The van der Waals surface area contributed by atoms with Crippen molar-refractivity contribution in [1.82, 2.24) is 4.98 Å². The number of pyridine rings is 1. The molecule has 0 saturated heterocycles. The lowest BCUT2D eigenvalue weighted by Crippen LogP contribution is -2.11. The largest absolute Gasteiger partial charge is 0.481 e. The molecule has 0 radical (unpaired) electrons. The van der Waals surface area contributed by atoms with Crippen LogP contribution in [0.4, 0.5) is 0 Å². The summed E-state index contributed by atoms with van der Waals surface area (Å²) < 4.78 is 5.07. The van der Waals surface area contributed by atoms with E-state index in [-0.39, 0.29) is 0 Å². The summed E-state index contributed by atoms with van der Waals surface area (Å²) >= 11 is 1.35. The van der Waals surface area contributed by atoms with Gasteiger partial charge in [-0.05, 0) is 13.0 Å². The van der Waals surface area contributed by atoms with Crippen LogP contribution in [0.2, 0.25) is 0 Å². The van der Waals surface area contributed by atoms with Gasteiger partial charge in [0.1, 0.15) is 0 Å². The van der Waals surface area contributed by atoms with E-state index < -0.39 is 11.2 Å². The van der Waals surface area contributed by atoms with Crippen LogP contribution < -0.4 is 4.74 Å². The molecule has 1 rings (SSSR count). The predicted molar refractivity (Wildman–Crippen MR) is 59.2 cm³/mol. The molecular weight excluding hydrogens is 214 g/mol. The summed E-state index contributed by atoms with van der Waals surface area (Å²) in [7, 11) is 1.55. The monoisotopic (exact) mass is 227 g/mol. The quantitative estimate of drug-likeness (QED) is 0.831. The highest BCUT2D eigenvalue weighted by molar-refractivity contribution is 7.99. The van der Waals surface area contributed by atoms with Gasteiger partial charge in [0.25, 0.3) is 0 Å². The molecule has 1 aromatic heterocycles. The fourth-order valence-electron chi connectivity index (χ4n) is 1.00. The third kappa shape index (κ3) is 3.43. The minimum atomic E-state index is -0.803. The first-order chi connectivity index (χ1) is 7.15. The zero-order chi connectivity index (χ0) is 11.3. The van der Waals surface area contributed by atoms with Gasteiger partial charge >= 0.3 is 5.97 Å². The number of carbonyl (C=O) groups is 1. The Morgan fingerprint density at radius 2 is 2.47 bits per heavy atom. The summed E-state index contributed by atoms with van der Waals surface area (Å²) in [5, 5.41) is 8.30. The van der Waals surface area contributed by atoms with Gasteiger partial charge in [-0.2, -0.15) is 0 Å². The maximum Gasteiger partial charge on any atom is 0.316 e. The van der Waals surface area contributed by atoms with Crippen LogP contribution in [0.3, 0.4) is 0 Å². The van der Waals surface area contributed by atoms with Crippen molar-refractivity contribution in [1.29, 1.82) is 0 Å². The fraction of sp³-hybridized carbons (Fsp3) is 0.400. The number of rotatable bonds is 5. The van der Waals surface area contributed by atoms with Crippen molar-refractivity contribution < 1.29 is 14.6 Å². The number of carboxylic acid groups (broad SMARTS) is 1. The zero-order valence-electron chi connectivity index (χ0n) is 8.64. The van der Waals surface area contributed by atoms with Crippen molar-refractivity contribution in [2.45, 2.75) is 17.9 Å². The van der Waals surface area contributed by atoms with Crippen molar-refractivity contribution in [3.8, 4) is 5.88 Å². The third-order valence-electron chi connectivity index (χ3n) is 1.88. The topological polar surface area (TPSA) is 59.4 Å². The molecule has 1 heterocycles. The van der Waals surface area contributed by atoms with Crippen LogP contribution in [0.5, 0.6) is 5.88 Å². The van der Waals surface area contributed by atoms with Gasteiger partial charge in [-0.15, -0.1) is 11.8 Å². The fourth-order valence-corrected chi connectivity index (χ4v) is 1.80. The van der Waals surface area contributed by atoms with Crippen LogP contribution >= 0.6 is 11.8 Å². The zero-order valence-corrected chi connectivity index (χ0v) is 9.45. The standard InChI is InChI=1S/C10H13NO3S/c1-7(10(12)13)15-6-8-4-3-5-11-9(8)14-2/h3-5,7H,6H2,1-2H3,(H,12,13). The summed E-state index contributed by atoms with van der Waals surface area (Å²) in [5.41, 5.74) is 0.915. The van der Waals surface area contributed by atoms with Gasteiger partial charge in [0.05, 0.1) is 12.4 Å². The molecule has 0 saturated carbocycles. The minimum Gasteiger partial charge on any atom is -0.481 e. The molecule has 1 unspecified atom stereocenters. The number of nitrogens with zero attached hydrogens (tertiary/aromatic N) is 1. The second-order valence-corrected chi connectivity index (χ2v) is 4.29. The minimum absolute atomic E-state index is 0.421. The van der Waals surface area contributed by atoms with Gasteiger partial charge in [-0.25, -0.2) is 4.98 Å². The Kier molecular flexibility index (Phi) is 4.42. The number of carboxylic acids is 1. The first-order valence-corrected chi connectivity index (χ1v) is 5.52. The van der Waals surface area contributed by atoms with Crippen LogP contribution in [0.25, 0.3) is 0 Å². The Balaban J connectivity index is 2.60. The number of hydrogen-bond acceptors (Lipinski definition) is 4. The lowest BCUT2D eigenvalue weighted by atomic mass is 10.3. The summed E-state index contributed by atoms with van der Waals surface area (Å²) in [4.78, 5) is 14.6. The van der Waals surface area contributed by atoms with Crippen molar-refractivity contribution >= 4 is 17.7 Å². The molecular formula is C10H13NO3S. The molecule has 1 aromatic rings. The Morgan fingerprint density at radius 1 is 1.73 bits per heavy atom. The molecule has 0 amide bonds. The summed E-state index contributed by atoms with van der Waals surface area (Å²) in [6.45, 7) is 1.66. The maximum absolute atomic E-state index is 10.6. The van der Waals surface area contributed by atoms with E-state index in [1.165, 1.54) is 11.8 Å². The van der Waals surface area contributed by atoms with Gasteiger partial charge in [0, 0.05) is 17.5 Å². The first kappa shape index (κ1) is 11.8. The number of hydrogen-bond donors (Lipinski definition) is 1. The summed E-state index contributed by atoms with van der Waals surface area (Å²) in [6.07, 6.45) is 1.65. The predicted octanol–water partition coefficient (Wildman–Crippen LogP) is 1.80. The molecule has 0 spiro atoms. The Bertz CT molecular complexity index is 343. The smallest absolute Gasteiger partial charge is 0.316 e. The Morgan fingerprint density at radius 3 is 3.07 bits per heavy atom. The van der Waals surface area contributed by atoms with Gasteiger partial charge < -0.3 is 9.84 Å². The van der Waals surface area contributed by atoms with Crippen molar-refractivity contribution in [3.05, 3.63) is 23.9 Å². The van der Waals surface area contributed by atoms with E-state index in [0.29, 0.717) is 11.6 Å². The average Bonchev–Trinajstić information content (AvgIpc) is 2.26. The van der Waals surface area contributed by atoms with Crippen molar-refractivity contribution in [2.24, 2.45) is 0 Å². The SMILES string of the molecule is COc1ncccc1CSC(C)C(=O)O. The molecule has 0 aromatic carbocycles. The number of thioether (sulfide) groups is 1. The molecule has 1 atom stereocenters. The van der Waals surface area contributed by atoms with Gasteiger partial charge in [-0.3, -0.25) is 4.79 Å². The lowest BCUT2D eigenvalue weighted by Gasteiger charge is -2.08. The van der Waals surface area contributed by atoms with Crippen LogP contribution in [0, 0.1) is 0 Å². The van der Waals surface area contributed by atoms with E-state index in [1.54, 1.807) is 20.2 Å². The number of aromatic nitrogens is 1. The average molecular weight is 227 g/mol. The van der Waals surface area contributed by atoms with E-state index >= 15 is 0 Å². The lowest BCUT2D eigenvalue weighted by molar-refractivity contribution is -0.136. The molecule has 0 bridgehead atoms. The summed E-state index contributed by atoms with van der Waals surface area (Å²) in [6, 6.07) is 3.69. The van der Waals surface area contributed by atoms with E-state index in [4.69, 9.17) is 9.84 Å². The second kappa shape index (κ2) is 5.60. The number of methoxy groups -OCH3 is 1. The van der Waals surface area contributed by atoms with E-state index in [1.807, 2.05) is 12.1 Å². The Hall–Kier alpha value is -1.23. The highest BCUT2D eigenvalue weighted by Crippen LogP contribution is 2.23. The molecule has 0 aliphatic rings. The van der Waals surface area contributed by atoms with Crippen LogP contribution in [-0.4, -0.2) is 28.4 Å². The normalized spacial score (nSPS) is 12.1. The van der Waals surface area contributed by atoms with Crippen molar-refractivity contribution in [2.75, 3.05) is 7.11 Å². The molecule has 5 heteroatoms. The first-order valence-electron chi connectivity index (χ1n) is 4.47. The third-order valence-corrected chi connectivity index (χ3v) is 3.06. The molecule has 0 aliphatic carbocycles. The maximum atomic E-state index is 10.6. The molecule has 4 nitrogen and oxygen atoms in total. The van der Waals surface area contributed by atoms with E-state index in [9.17, 15) is 4.79 Å². The van der Waals surface area contributed by atoms with Crippen molar-refractivity contribution in [3.63, 3.8) is 0 Å². The highest BCUT2D eigenvalue weighted by atomic mass is 32.2.